The van der Waals surface area contributed by atoms with Crippen LogP contribution in [-0.2, 0) is 10.1 Å². The van der Waals surface area contributed by atoms with Crippen molar-refractivity contribution >= 4 is 21.6 Å². The highest BCUT2D eigenvalue weighted by Crippen LogP contribution is 2.35. The Morgan fingerprint density at radius 1 is 1.48 bits per heavy atom. The molecule has 0 amide bonds. The van der Waals surface area contributed by atoms with Crippen LogP contribution in [0.3, 0.4) is 0 Å². The Morgan fingerprint density at radius 3 is 2.86 bits per heavy atom. The fraction of sp³-hybridized carbons (Fsp3) is 0.571. The van der Waals surface area contributed by atoms with E-state index in [9.17, 15) is 10.1 Å². The normalized spacial score (nSPS) is 17.7. The molecule has 116 valence electrons. The predicted octanol–water partition coefficient (Wildman–Crippen LogP) is 3.45. The molecule has 1 aliphatic rings. The number of alkyl halides is 1. The zero-order chi connectivity index (χ0) is 15.2. The number of hydrogen-bond acceptors (Lipinski definition) is 5. The predicted molar refractivity (Wildman–Crippen MR) is 81.4 cm³/mol. The van der Waals surface area contributed by atoms with Crippen molar-refractivity contribution in [3.05, 3.63) is 27.8 Å². The van der Waals surface area contributed by atoms with Crippen LogP contribution in [-0.4, -0.2) is 31.4 Å². The molecule has 21 heavy (non-hydrogen) atoms. The van der Waals surface area contributed by atoms with E-state index in [4.69, 9.17) is 14.2 Å². The molecule has 0 radical (unpaired) electrons. The number of rotatable bonds is 7. The van der Waals surface area contributed by atoms with Gasteiger partial charge >= 0.3 is 0 Å². The van der Waals surface area contributed by atoms with Crippen molar-refractivity contribution < 1.29 is 19.1 Å². The van der Waals surface area contributed by atoms with Crippen LogP contribution in [0.5, 0.6) is 11.5 Å². The van der Waals surface area contributed by atoms with E-state index in [1.807, 2.05) is 0 Å². The summed E-state index contributed by atoms with van der Waals surface area (Å²) in [5.41, 5.74) is 0.586. The van der Waals surface area contributed by atoms with Gasteiger partial charge in [0.15, 0.2) is 11.5 Å². The molecular formula is C14H18BrNO5. The number of hydrogen-bond donors (Lipinski definition) is 0. The molecule has 7 heteroatoms. The second-order valence-electron chi connectivity index (χ2n) is 4.79. The summed E-state index contributed by atoms with van der Waals surface area (Å²) >= 11 is 3.24. The summed E-state index contributed by atoms with van der Waals surface area (Å²) < 4.78 is 16.4. The van der Waals surface area contributed by atoms with E-state index in [1.165, 1.54) is 13.2 Å². The van der Waals surface area contributed by atoms with Crippen molar-refractivity contribution in [3.63, 3.8) is 0 Å². The third-order valence-electron chi connectivity index (χ3n) is 3.43. The van der Waals surface area contributed by atoms with Gasteiger partial charge < -0.3 is 14.2 Å². The van der Waals surface area contributed by atoms with Crippen LogP contribution in [0.25, 0.3) is 0 Å². The number of benzene rings is 1. The highest BCUT2D eigenvalue weighted by atomic mass is 79.9. The zero-order valence-corrected chi connectivity index (χ0v) is 13.4. The van der Waals surface area contributed by atoms with Gasteiger partial charge in [-0.05, 0) is 18.9 Å². The van der Waals surface area contributed by atoms with Gasteiger partial charge in [0.05, 0.1) is 30.8 Å². The van der Waals surface area contributed by atoms with Gasteiger partial charge in [0, 0.05) is 23.9 Å². The second-order valence-corrected chi connectivity index (χ2v) is 5.36. The summed E-state index contributed by atoms with van der Waals surface area (Å²) in [5.74, 6) is 0.897. The average molecular weight is 360 g/mol. The lowest BCUT2D eigenvalue weighted by Gasteiger charge is -2.14. The number of halogens is 1. The Morgan fingerprint density at radius 2 is 2.29 bits per heavy atom. The topological polar surface area (TPSA) is 70.8 Å². The summed E-state index contributed by atoms with van der Waals surface area (Å²) in [7, 11) is 1.52. The molecule has 6 nitrogen and oxygen atoms in total. The first-order valence-corrected chi connectivity index (χ1v) is 7.93. The molecule has 0 aliphatic carbocycles. The molecule has 0 aromatic heterocycles. The van der Waals surface area contributed by atoms with E-state index in [2.05, 4.69) is 15.9 Å². The quantitative estimate of drug-likeness (QED) is 0.423. The molecule has 2 rings (SSSR count). The van der Waals surface area contributed by atoms with Crippen LogP contribution in [0.1, 0.15) is 24.8 Å². The first-order valence-electron chi connectivity index (χ1n) is 6.81. The Hall–Kier alpha value is -1.34. The zero-order valence-electron chi connectivity index (χ0n) is 11.8. The minimum Gasteiger partial charge on any atom is -0.493 e. The van der Waals surface area contributed by atoms with Crippen LogP contribution in [0.4, 0.5) is 5.69 Å². The molecule has 1 aromatic rings. The Bertz CT molecular complexity index is 502. The lowest BCUT2D eigenvalue weighted by Crippen LogP contribution is -2.11. The molecule has 1 unspecified atom stereocenters. The molecule has 1 fully saturated rings. The fourth-order valence-corrected chi connectivity index (χ4v) is 2.76. The minimum atomic E-state index is -0.414. The van der Waals surface area contributed by atoms with Crippen molar-refractivity contribution in [1.29, 1.82) is 0 Å². The van der Waals surface area contributed by atoms with Crippen molar-refractivity contribution in [3.8, 4) is 11.5 Å². The monoisotopic (exact) mass is 359 g/mol. The number of nitro benzene ring substituents is 1. The molecule has 0 bridgehead atoms. The highest BCUT2D eigenvalue weighted by molar-refractivity contribution is 9.08. The third kappa shape index (κ3) is 4.07. The van der Waals surface area contributed by atoms with E-state index in [1.54, 1.807) is 6.07 Å². The minimum absolute atomic E-state index is 0.0276. The van der Waals surface area contributed by atoms with Gasteiger partial charge in [0.2, 0.25) is 0 Å². The SMILES string of the molecule is COc1cc(CBr)c([N+](=O)[O-])cc1OCCC1CCCO1. The summed E-state index contributed by atoms with van der Waals surface area (Å²) in [5, 5.41) is 11.5. The lowest BCUT2D eigenvalue weighted by molar-refractivity contribution is -0.385. The van der Waals surface area contributed by atoms with Crippen molar-refractivity contribution in [2.45, 2.75) is 30.7 Å². The number of methoxy groups -OCH3 is 1. The maximum atomic E-state index is 11.1. The van der Waals surface area contributed by atoms with Gasteiger partial charge in [0.1, 0.15) is 0 Å². The second kappa shape index (κ2) is 7.61. The van der Waals surface area contributed by atoms with Gasteiger partial charge in [-0.2, -0.15) is 0 Å². The molecule has 0 saturated carbocycles. The Balaban J connectivity index is 2.08. The molecule has 1 saturated heterocycles. The number of ether oxygens (including phenoxy) is 3. The summed E-state index contributed by atoms with van der Waals surface area (Å²) in [6, 6.07) is 3.05. The van der Waals surface area contributed by atoms with Gasteiger partial charge in [-0.25, -0.2) is 0 Å². The molecular weight excluding hydrogens is 342 g/mol. The van der Waals surface area contributed by atoms with Crippen molar-refractivity contribution in [2.75, 3.05) is 20.3 Å². The largest absolute Gasteiger partial charge is 0.493 e. The van der Waals surface area contributed by atoms with Gasteiger partial charge in [-0.15, -0.1) is 0 Å². The standard InChI is InChI=1S/C14H18BrNO5/c1-19-13-7-10(9-15)12(16(17)18)8-14(13)21-6-4-11-3-2-5-20-11/h7-8,11H,2-6,9H2,1H3. The molecule has 1 aliphatic heterocycles. The summed E-state index contributed by atoms with van der Waals surface area (Å²) in [4.78, 5) is 10.7. The van der Waals surface area contributed by atoms with Crippen LogP contribution < -0.4 is 9.47 Å². The smallest absolute Gasteiger partial charge is 0.277 e. The van der Waals surface area contributed by atoms with E-state index in [0.717, 1.165) is 25.9 Å². The molecule has 1 heterocycles. The summed E-state index contributed by atoms with van der Waals surface area (Å²) in [6.07, 6.45) is 3.13. The highest BCUT2D eigenvalue weighted by Gasteiger charge is 2.20. The van der Waals surface area contributed by atoms with Crippen LogP contribution in [0, 0.1) is 10.1 Å². The van der Waals surface area contributed by atoms with Crippen molar-refractivity contribution in [2.24, 2.45) is 0 Å². The van der Waals surface area contributed by atoms with Gasteiger partial charge in [-0.1, -0.05) is 15.9 Å². The maximum absolute atomic E-state index is 11.1. The third-order valence-corrected chi connectivity index (χ3v) is 4.03. The van der Waals surface area contributed by atoms with E-state index in [-0.39, 0.29) is 11.8 Å². The van der Waals surface area contributed by atoms with E-state index < -0.39 is 4.92 Å². The average Bonchev–Trinajstić information content (AvgIpc) is 2.99. The number of nitrogens with zero attached hydrogens (tertiary/aromatic N) is 1. The summed E-state index contributed by atoms with van der Waals surface area (Å²) in [6.45, 7) is 1.26. The number of nitro groups is 1. The van der Waals surface area contributed by atoms with Crippen LogP contribution in [0.15, 0.2) is 12.1 Å². The Kier molecular flexibility index (Phi) is 5.81. The first-order chi connectivity index (χ1) is 10.2. The Labute approximate surface area is 131 Å². The molecule has 1 atom stereocenters. The fourth-order valence-electron chi connectivity index (χ4n) is 2.31. The van der Waals surface area contributed by atoms with Crippen LogP contribution in [0.2, 0.25) is 0 Å². The first kappa shape index (κ1) is 16.0. The maximum Gasteiger partial charge on any atom is 0.277 e. The molecule has 1 aromatic carbocycles. The van der Waals surface area contributed by atoms with E-state index in [0.29, 0.717) is 29.0 Å². The van der Waals surface area contributed by atoms with E-state index >= 15 is 0 Å². The van der Waals surface area contributed by atoms with Crippen molar-refractivity contribution in [1.82, 2.24) is 0 Å². The van der Waals surface area contributed by atoms with Gasteiger partial charge in [-0.3, -0.25) is 10.1 Å². The lowest BCUT2D eigenvalue weighted by atomic mass is 10.1. The van der Waals surface area contributed by atoms with Crippen LogP contribution >= 0.6 is 15.9 Å². The molecule has 0 spiro atoms. The van der Waals surface area contributed by atoms with Gasteiger partial charge in [0.25, 0.3) is 5.69 Å². The molecule has 0 N–H and O–H groups in total.